The first-order chi connectivity index (χ1) is 7.04. The molecule has 0 aliphatic heterocycles. The van der Waals surface area contributed by atoms with E-state index in [1.807, 2.05) is 0 Å². The summed E-state index contributed by atoms with van der Waals surface area (Å²) < 4.78 is 38.4. The van der Waals surface area contributed by atoms with Crippen molar-refractivity contribution < 1.29 is 13.2 Å². The highest BCUT2D eigenvalue weighted by atomic mass is 19.4. The van der Waals surface area contributed by atoms with E-state index in [1.54, 1.807) is 6.07 Å². The number of rotatable bonds is 1. The summed E-state index contributed by atoms with van der Waals surface area (Å²) in [5, 5.41) is 0. The maximum Gasteiger partial charge on any atom is 0.417 e. The van der Waals surface area contributed by atoms with Gasteiger partial charge in [-0.3, -0.25) is 0 Å². The predicted octanol–water partition coefficient (Wildman–Crippen LogP) is 3.56. The van der Waals surface area contributed by atoms with Crippen molar-refractivity contribution in [2.45, 2.75) is 24.9 Å². The molecule has 1 fully saturated rings. The van der Waals surface area contributed by atoms with Crippen LogP contribution in [0.3, 0.4) is 0 Å². The third-order valence-electron chi connectivity index (χ3n) is 2.55. The normalized spacial score (nSPS) is 16.1. The van der Waals surface area contributed by atoms with Crippen molar-refractivity contribution in [3.8, 4) is 12.3 Å². The molecule has 0 nitrogen and oxygen atoms in total. The van der Waals surface area contributed by atoms with Crippen LogP contribution in [0.15, 0.2) is 18.2 Å². The summed E-state index contributed by atoms with van der Waals surface area (Å²) in [5.74, 6) is 2.16. The lowest BCUT2D eigenvalue weighted by Gasteiger charge is -2.14. The second-order valence-electron chi connectivity index (χ2n) is 3.69. The first kappa shape index (κ1) is 10.1. The molecule has 0 heterocycles. The summed E-state index contributed by atoms with van der Waals surface area (Å²) in [6.07, 6.45) is 2.40. The van der Waals surface area contributed by atoms with Crippen LogP contribution in [0.4, 0.5) is 13.2 Å². The fourth-order valence-electron chi connectivity index (χ4n) is 1.74. The number of benzene rings is 1. The van der Waals surface area contributed by atoms with E-state index in [0.717, 1.165) is 12.8 Å². The topological polar surface area (TPSA) is 0 Å². The zero-order valence-electron chi connectivity index (χ0n) is 7.93. The van der Waals surface area contributed by atoms with Crippen LogP contribution in [0.2, 0.25) is 0 Å². The molecule has 1 aromatic rings. The Labute approximate surface area is 86.1 Å². The molecule has 2 rings (SSSR count). The van der Waals surface area contributed by atoms with Crippen LogP contribution in [-0.2, 0) is 6.18 Å². The maximum atomic E-state index is 12.8. The summed E-state index contributed by atoms with van der Waals surface area (Å²) in [5.41, 5.74) is -0.306. The average molecular weight is 210 g/mol. The van der Waals surface area contributed by atoms with Crippen LogP contribution in [0, 0.1) is 12.3 Å². The highest BCUT2D eigenvalue weighted by Crippen LogP contribution is 2.46. The quantitative estimate of drug-likeness (QED) is 0.621. The molecule has 0 N–H and O–H groups in total. The molecule has 0 spiro atoms. The first-order valence-electron chi connectivity index (χ1n) is 4.70. The Bertz CT molecular complexity index is 419. The summed E-state index contributed by atoms with van der Waals surface area (Å²) in [4.78, 5) is 0. The van der Waals surface area contributed by atoms with Crippen molar-refractivity contribution in [2.24, 2.45) is 0 Å². The van der Waals surface area contributed by atoms with Gasteiger partial charge in [-0.15, -0.1) is 6.42 Å². The van der Waals surface area contributed by atoms with E-state index in [4.69, 9.17) is 6.42 Å². The van der Waals surface area contributed by atoms with Gasteiger partial charge in [-0.2, -0.15) is 13.2 Å². The summed E-state index contributed by atoms with van der Waals surface area (Å²) in [6, 6.07) is 4.47. The molecule has 1 aliphatic carbocycles. The number of terminal acetylenes is 1. The monoisotopic (exact) mass is 210 g/mol. The first-order valence-corrected chi connectivity index (χ1v) is 4.70. The predicted molar refractivity (Wildman–Crippen MR) is 51.4 cm³/mol. The van der Waals surface area contributed by atoms with Gasteiger partial charge in [0, 0.05) is 5.56 Å². The molecule has 1 saturated carbocycles. The smallest absolute Gasteiger partial charge is 0.166 e. The highest BCUT2D eigenvalue weighted by Gasteiger charge is 2.39. The Hall–Kier alpha value is -1.43. The Morgan fingerprint density at radius 3 is 2.40 bits per heavy atom. The van der Waals surface area contributed by atoms with Crippen LogP contribution >= 0.6 is 0 Å². The molecule has 3 heteroatoms. The van der Waals surface area contributed by atoms with Gasteiger partial charge in [0.1, 0.15) is 0 Å². The largest absolute Gasteiger partial charge is 0.417 e. The zero-order valence-corrected chi connectivity index (χ0v) is 7.93. The minimum atomic E-state index is -4.35. The molecule has 0 atom stereocenters. The summed E-state index contributed by atoms with van der Waals surface area (Å²) >= 11 is 0. The van der Waals surface area contributed by atoms with Crippen molar-refractivity contribution in [3.63, 3.8) is 0 Å². The van der Waals surface area contributed by atoms with Crippen molar-refractivity contribution in [3.05, 3.63) is 34.9 Å². The molecule has 0 amide bonds. The van der Waals surface area contributed by atoms with Gasteiger partial charge in [0.05, 0.1) is 5.56 Å². The van der Waals surface area contributed by atoms with Gasteiger partial charge in [-0.1, -0.05) is 18.1 Å². The summed E-state index contributed by atoms with van der Waals surface area (Å²) in [6.45, 7) is 0. The molecule has 1 aliphatic rings. The van der Waals surface area contributed by atoms with E-state index in [2.05, 4.69) is 5.92 Å². The van der Waals surface area contributed by atoms with E-state index >= 15 is 0 Å². The third kappa shape index (κ3) is 1.85. The minimum absolute atomic E-state index is 0.0492. The van der Waals surface area contributed by atoms with Crippen LogP contribution < -0.4 is 0 Å². The third-order valence-corrected chi connectivity index (χ3v) is 2.55. The zero-order chi connectivity index (χ0) is 11.1. The second-order valence-corrected chi connectivity index (χ2v) is 3.69. The van der Waals surface area contributed by atoms with E-state index in [0.29, 0.717) is 5.56 Å². The van der Waals surface area contributed by atoms with Crippen molar-refractivity contribution in [1.82, 2.24) is 0 Å². The number of hydrogen-bond donors (Lipinski definition) is 0. The molecule has 15 heavy (non-hydrogen) atoms. The number of hydrogen-bond acceptors (Lipinski definition) is 0. The molecule has 0 aromatic heterocycles. The molecule has 0 bridgehead atoms. The van der Waals surface area contributed by atoms with Gasteiger partial charge in [0.15, 0.2) is 0 Å². The minimum Gasteiger partial charge on any atom is -0.166 e. The van der Waals surface area contributed by atoms with E-state index < -0.39 is 11.7 Å². The van der Waals surface area contributed by atoms with E-state index in [9.17, 15) is 13.2 Å². The van der Waals surface area contributed by atoms with Crippen LogP contribution in [0.1, 0.15) is 35.4 Å². The molecule has 0 radical (unpaired) electrons. The highest BCUT2D eigenvalue weighted by molar-refractivity contribution is 5.48. The molecule has 0 saturated heterocycles. The van der Waals surface area contributed by atoms with Gasteiger partial charge in [-0.25, -0.2) is 0 Å². The fourth-order valence-corrected chi connectivity index (χ4v) is 1.74. The van der Waals surface area contributed by atoms with E-state index in [1.165, 1.54) is 12.1 Å². The Balaban J connectivity index is 2.60. The number of alkyl halides is 3. The van der Waals surface area contributed by atoms with Crippen LogP contribution in [0.5, 0.6) is 0 Å². The van der Waals surface area contributed by atoms with Gasteiger partial charge >= 0.3 is 6.18 Å². The number of halogens is 3. The van der Waals surface area contributed by atoms with Crippen LogP contribution in [-0.4, -0.2) is 0 Å². The van der Waals surface area contributed by atoms with Gasteiger partial charge in [0.2, 0.25) is 0 Å². The van der Waals surface area contributed by atoms with Crippen molar-refractivity contribution in [2.75, 3.05) is 0 Å². The lowest BCUT2D eigenvalue weighted by molar-refractivity contribution is -0.138. The molecular weight excluding hydrogens is 201 g/mol. The maximum absolute atomic E-state index is 12.8. The van der Waals surface area contributed by atoms with Gasteiger partial charge in [-0.05, 0) is 30.4 Å². The molecule has 0 unspecified atom stereocenters. The van der Waals surface area contributed by atoms with Crippen molar-refractivity contribution >= 4 is 0 Å². The standard InChI is InChI=1S/C12H9F3/c1-2-8-4-3-5-10(9-6-7-9)11(8)12(13,14)15/h1,3-5,9H,6-7H2. The van der Waals surface area contributed by atoms with Crippen molar-refractivity contribution in [1.29, 1.82) is 0 Å². The molecule has 78 valence electrons. The Kier molecular flexibility index (Phi) is 2.22. The average Bonchev–Trinajstić information content (AvgIpc) is 2.98. The van der Waals surface area contributed by atoms with Gasteiger partial charge in [0.25, 0.3) is 0 Å². The lowest BCUT2D eigenvalue weighted by Crippen LogP contribution is -2.11. The fraction of sp³-hybridized carbons (Fsp3) is 0.333. The molecular formula is C12H9F3. The van der Waals surface area contributed by atoms with Gasteiger partial charge < -0.3 is 0 Å². The Morgan fingerprint density at radius 2 is 1.93 bits per heavy atom. The summed E-state index contributed by atoms with van der Waals surface area (Å²) in [7, 11) is 0. The molecule has 1 aromatic carbocycles. The van der Waals surface area contributed by atoms with E-state index in [-0.39, 0.29) is 11.5 Å². The Morgan fingerprint density at radius 1 is 1.27 bits per heavy atom. The lowest BCUT2D eigenvalue weighted by atomic mass is 9.97. The SMILES string of the molecule is C#Cc1cccc(C2CC2)c1C(F)(F)F. The second kappa shape index (κ2) is 3.30. The van der Waals surface area contributed by atoms with Crippen LogP contribution in [0.25, 0.3) is 0 Å².